The van der Waals surface area contributed by atoms with Crippen molar-refractivity contribution < 1.29 is 9.59 Å². The fourth-order valence-electron chi connectivity index (χ4n) is 3.96. The Bertz CT molecular complexity index is 860. The Labute approximate surface area is 184 Å². The zero-order valence-corrected chi connectivity index (χ0v) is 18.6. The summed E-state index contributed by atoms with van der Waals surface area (Å²) in [6.45, 7) is 4.23. The van der Waals surface area contributed by atoms with Crippen LogP contribution in [-0.4, -0.2) is 28.8 Å². The van der Waals surface area contributed by atoms with Gasteiger partial charge in [-0.05, 0) is 56.4 Å². The van der Waals surface area contributed by atoms with E-state index in [4.69, 9.17) is 11.6 Å². The van der Waals surface area contributed by atoms with E-state index in [-0.39, 0.29) is 17.9 Å². The van der Waals surface area contributed by atoms with Crippen molar-refractivity contribution in [1.29, 1.82) is 0 Å². The lowest BCUT2D eigenvalue weighted by Gasteiger charge is -2.30. The molecule has 2 aromatic carbocycles. The number of nitrogens with one attached hydrogen (secondary N) is 1. The monoisotopic (exact) mass is 426 g/mol. The van der Waals surface area contributed by atoms with Crippen LogP contribution in [0.15, 0.2) is 48.5 Å². The normalized spacial score (nSPS) is 15.0. The maximum absolute atomic E-state index is 13.2. The van der Waals surface area contributed by atoms with Gasteiger partial charge in [-0.2, -0.15) is 0 Å². The van der Waals surface area contributed by atoms with Crippen LogP contribution in [0.25, 0.3) is 0 Å². The fraction of sp³-hybridized carbons (Fsp3) is 0.440. The van der Waals surface area contributed by atoms with Gasteiger partial charge in [0.15, 0.2) is 0 Å². The molecule has 0 aromatic heterocycles. The van der Waals surface area contributed by atoms with E-state index in [1.807, 2.05) is 38.1 Å². The minimum Gasteiger partial charge on any atom is -0.352 e. The number of hydrogen-bond acceptors (Lipinski definition) is 2. The summed E-state index contributed by atoms with van der Waals surface area (Å²) in [5.41, 5.74) is 3.25. The molecule has 1 fully saturated rings. The molecule has 0 saturated heterocycles. The number of halogens is 1. The number of rotatable bonds is 8. The van der Waals surface area contributed by atoms with Crippen molar-refractivity contribution in [3.8, 4) is 0 Å². The highest BCUT2D eigenvalue weighted by atomic mass is 35.5. The summed E-state index contributed by atoms with van der Waals surface area (Å²) in [6, 6.07) is 15.4. The minimum atomic E-state index is -0.532. The minimum absolute atomic E-state index is 0.0235. The number of carbonyl (C=O) groups excluding carboxylic acids is 2. The first kappa shape index (κ1) is 22.4. The molecule has 1 saturated carbocycles. The average molecular weight is 427 g/mol. The van der Waals surface area contributed by atoms with Gasteiger partial charge in [-0.3, -0.25) is 9.59 Å². The van der Waals surface area contributed by atoms with Crippen LogP contribution < -0.4 is 5.32 Å². The second kappa shape index (κ2) is 10.6. The fourth-order valence-corrected chi connectivity index (χ4v) is 4.17. The van der Waals surface area contributed by atoms with Crippen molar-refractivity contribution >= 4 is 23.4 Å². The van der Waals surface area contributed by atoms with Gasteiger partial charge in [0.05, 0.1) is 0 Å². The first-order valence-electron chi connectivity index (χ1n) is 10.8. The predicted octanol–water partition coefficient (Wildman–Crippen LogP) is 5.06. The van der Waals surface area contributed by atoms with Crippen LogP contribution in [0.1, 0.15) is 55.7 Å². The van der Waals surface area contributed by atoms with Gasteiger partial charge in [-0.25, -0.2) is 0 Å². The second-order valence-corrected chi connectivity index (χ2v) is 8.74. The zero-order chi connectivity index (χ0) is 21.5. The molecule has 2 aromatic rings. The molecule has 1 atom stereocenters. The summed E-state index contributed by atoms with van der Waals surface area (Å²) in [7, 11) is 0. The molecule has 5 heteroatoms. The van der Waals surface area contributed by atoms with E-state index in [1.54, 1.807) is 4.90 Å². The summed E-state index contributed by atoms with van der Waals surface area (Å²) in [5.74, 6) is -0.0998. The van der Waals surface area contributed by atoms with Crippen LogP contribution in [-0.2, 0) is 22.6 Å². The van der Waals surface area contributed by atoms with Crippen LogP contribution in [0.2, 0.25) is 5.02 Å². The third-order valence-electron chi connectivity index (χ3n) is 5.86. The molecule has 2 amide bonds. The van der Waals surface area contributed by atoms with E-state index in [0.29, 0.717) is 24.4 Å². The van der Waals surface area contributed by atoms with Crippen molar-refractivity contribution in [1.82, 2.24) is 10.2 Å². The Morgan fingerprint density at radius 1 is 1.10 bits per heavy atom. The van der Waals surface area contributed by atoms with Crippen LogP contribution in [0.5, 0.6) is 0 Å². The van der Waals surface area contributed by atoms with Gasteiger partial charge >= 0.3 is 0 Å². The number of amides is 2. The number of hydrogen-bond donors (Lipinski definition) is 1. The highest BCUT2D eigenvalue weighted by Gasteiger charge is 2.28. The lowest BCUT2D eigenvalue weighted by atomic mass is 10.1. The first-order chi connectivity index (χ1) is 14.4. The maximum Gasteiger partial charge on any atom is 0.242 e. The Hall–Kier alpha value is -2.33. The van der Waals surface area contributed by atoms with E-state index in [0.717, 1.165) is 36.8 Å². The van der Waals surface area contributed by atoms with E-state index < -0.39 is 6.04 Å². The Morgan fingerprint density at radius 2 is 1.80 bits per heavy atom. The van der Waals surface area contributed by atoms with Gasteiger partial charge in [0.25, 0.3) is 0 Å². The van der Waals surface area contributed by atoms with Crippen molar-refractivity contribution in [3.05, 3.63) is 70.2 Å². The third kappa shape index (κ3) is 6.33. The smallest absolute Gasteiger partial charge is 0.242 e. The molecule has 0 radical (unpaired) electrons. The zero-order valence-electron chi connectivity index (χ0n) is 17.9. The topological polar surface area (TPSA) is 49.4 Å². The van der Waals surface area contributed by atoms with Gasteiger partial charge < -0.3 is 10.2 Å². The number of aryl methyl sites for hydroxylation is 2. The van der Waals surface area contributed by atoms with Gasteiger partial charge in [0, 0.05) is 24.0 Å². The standard InChI is InChI=1S/C25H31ClN2O2/c1-18-10-12-20(13-11-18)14-15-24(29)28(17-21-6-5-7-22(26)16-21)19(2)25(30)27-23-8-3-4-9-23/h5-7,10-13,16,19,23H,3-4,8-9,14-15,17H2,1-2H3,(H,27,30)/t19-/m0/s1. The number of nitrogens with zero attached hydrogens (tertiary/aromatic N) is 1. The Kier molecular flexibility index (Phi) is 7.92. The van der Waals surface area contributed by atoms with Crippen molar-refractivity contribution in [2.75, 3.05) is 0 Å². The number of carbonyl (C=O) groups is 2. The molecule has 0 spiro atoms. The molecule has 0 aliphatic heterocycles. The number of benzene rings is 2. The summed E-state index contributed by atoms with van der Waals surface area (Å²) in [6.07, 6.45) is 5.37. The molecule has 30 heavy (non-hydrogen) atoms. The van der Waals surface area contributed by atoms with Gasteiger partial charge in [-0.15, -0.1) is 0 Å². The van der Waals surface area contributed by atoms with Crippen LogP contribution >= 0.6 is 11.6 Å². The summed E-state index contributed by atoms with van der Waals surface area (Å²) in [4.78, 5) is 27.7. The summed E-state index contributed by atoms with van der Waals surface area (Å²) < 4.78 is 0. The van der Waals surface area contributed by atoms with Crippen LogP contribution in [0.4, 0.5) is 0 Å². The SMILES string of the molecule is Cc1ccc(CCC(=O)N(Cc2cccc(Cl)c2)[C@@H](C)C(=O)NC2CCCC2)cc1. The third-order valence-corrected chi connectivity index (χ3v) is 6.09. The first-order valence-corrected chi connectivity index (χ1v) is 11.2. The molecule has 0 bridgehead atoms. The maximum atomic E-state index is 13.2. The highest BCUT2D eigenvalue weighted by Crippen LogP contribution is 2.20. The molecule has 3 rings (SSSR count). The summed E-state index contributed by atoms with van der Waals surface area (Å²) in [5, 5.41) is 3.76. The molecular formula is C25H31ClN2O2. The predicted molar refractivity (Wildman–Crippen MR) is 121 cm³/mol. The van der Waals surface area contributed by atoms with Gasteiger partial charge in [-0.1, -0.05) is 66.4 Å². The van der Waals surface area contributed by atoms with E-state index in [2.05, 4.69) is 29.6 Å². The second-order valence-electron chi connectivity index (χ2n) is 8.30. The van der Waals surface area contributed by atoms with E-state index >= 15 is 0 Å². The van der Waals surface area contributed by atoms with Crippen LogP contribution in [0, 0.1) is 6.92 Å². The lowest BCUT2D eigenvalue weighted by Crippen LogP contribution is -2.49. The highest BCUT2D eigenvalue weighted by molar-refractivity contribution is 6.30. The molecule has 4 nitrogen and oxygen atoms in total. The molecule has 1 aliphatic carbocycles. The molecule has 0 heterocycles. The van der Waals surface area contributed by atoms with Gasteiger partial charge in [0.2, 0.25) is 11.8 Å². The Balaban J connectivity index is 1.70. The Morgan fingerprint density at radius 3 is 2.47 bits per heavy atom. The van der Waals surface area contributed by atoms with E-state index in [9.17, 15) is 9.59 Å². The van der Waals surface area contributed by atoms with Gasteiger partial charge in [0.1, 0.15) is 6.04 Å². The van der Waals surface area contributed by atoms with E-state index in [1.165, 1.54) is 5.56 Å². The van der Waals surface area contributed by atoms with Crippen molar-refractivity contribution in [2.45, 2.75) is 71.0 Å². The summed E-state index contributed by atoms with van der Waals surface area (Å²) >= 11 is 6.13. The molecule has 160 valence electrons. The molecule has 1 N–H and O–H groups in total. The molecular weight excluding hydrogens is 396 g/mol. The van der Waals surface area contributed by atoms with Crippen molar-refractivity contribution in [2.24, 2.45) is 0 Å². The van der Waals surface area contributed by atoms with Crippen LogP contribution in [0.3, 0.4) is 0 Å². The molecule has 1 aliphatic rings. The van der Waals surface area contributed by atoms with Crippen molar-refractivity contribution in [3.63, 3.8) is 0 Å². The molecule has 0 unspecified atom stereocenters. The lowest BCUT2D eigenvalue weighted by molar-refractivity contribution is -0.140. The quantitative estimate of drug-likeness (QED) is 0.641. The largest absolute Gasteiger partial charge is 0.352 e. The average Bonchev–Trinajstić information content (AvgIpc) is 3.24.